The van der Waals surface area contributed by atoms with E-state index in [-0.39, 0.29) is 11.5 Å². The first-order valence-electron chi connectivity index (χ1n) is 12.8. The fourth-order valence-electron chi connectivity index (χ4n) is 9.07. The molecular weight excluding hydrogens is 388 g/mol. The molecular formula is C26H40N2O3. The fourth-order valence-corrected chi connectivity index (χ4v) is 9.07. The average molecular weight is 429 g/mol. The van der Waals surface area contributed by atoms with Gasteiger partial charge in [0.05, 0.1) is 12.3 Å². The lowest BCUT2D eigenvalue weighted by Crippen LogP contribution is -2.57. The molecule has 6 rings (SSSR count). The van der Waals surface area contributed by atoms with Crippen LogP contribution < -0.4 is 4.84 Å². The molecule has 0 aromatic rings. The van der Waals surface area contributed by atoms with Gasteiger partial charge in [-0.1, -0.05) is 25.3 Å². The van der Waals surface area contributed by atoms with E-state index in [9.17, 15) is 10.2 Å². The van der Waals surface area contributed by atoms with Crippen LogP contribution in [0.5, 0.6) is 0 Å². The van der Waals surface area contributed by atoms with Crippen molar-refractivity contribution in [2.45, 2.75) is 96.7 Å². The lowest BCUT2D eigenvalue weighted by molar-refractivity contribution is -0.155. The summed E-state index contributed by atoms with van der Waals surface area (Å²) in [5, 5.41) is 21.8. The summed E-state index contributed by atoms with van der Waals surface area (Å²) in [6, 6.07) is 0. The summed E-state index contributed by atoms with van der Waals surface area (Å²) in [4.78, 5) is 7.67. The van der Waals surface area contributed by atoms with Crippen LogP contribution in [0.4, 0.5) is 0 Å². The third-order valence-electron chi connectivity index (χ3n) is 11.0. The molecule has 0 bridgehead atoms. The lowest BCUT2D eigenvalue weighted by atomic mass is 9.44. The van der Waals surface area contributed by atoms with Crippen LogP contribution in [0.3, 0.4) is 0 Å². The molecule has 0 spiro atoms. The van der Waals surface area contributed by atoms with Crippen LogP contribution in [-0.2, 0) is 0 Å². The number of hydrogen-bond acceptors (Lipinski definition) is 3. The SMILES string of the molecule is C=C(On1c2cn1-2)C1(O)CCC2C3CCC4CC(CC(C)O)CCC4(C)C3CCC21C. The third-order valence-corrected chi connectivity index (χ3v) is 11.0. The monoisotopic (exact) mass is 428 g/mol. The van der Waals surface area contributed by atoms with Crippen molar-refractivity contribution in [1.82, 2.24) is 9.53 Å². The molecule has 0 aromatic carbocycles. The van der Waals surface area contributed by atoms with Crippen molar-refractivity contribution in [2.75, 3.05) is 0 Å². The number of aliphatic hydroxyl groups excluding tert-OH is 1. The highest BCUT2D eigenvalue weighted by Gasteiger charge is 2.66. The highest BCUT2D eigenvalue weighted by atomic mass is 16.7. The van der Waals surface area contributed by atoms with Crippen molar-refractivity contribution in [1.29, 1.82) is 0 Å². The predicted molar refractivity (Wildman–Crippen MR) is 120 cm³/mol. The third kappa shape index (κ3) is 2.75. The summed E-state index contributed by atoms with van der Waals surface area (Å²) in [6.45, 7) is 11.1. The second-order valence-corrected chi connectivity index (χ2v) is 12.4. The first-order valence-corrected chi connectivity index (χ1v) is 12.8. The zero-order valence-corrected chi connectivity index (χ0v) is 19.5. The minimum absolute atomic E-state index is 0.137. The zero-order chi connectivity index (χ0) is 21.8. The maximum atomic E-state index is 11.9. The van der Waals surface area contributed by atoms with Crippen LogP contribution in [0.1, 0.15) is 85.0 Å². The normalized spacial score (nSPS) is 48.5. The van der Waals surface area contributed by atoms with Crippen molar-refractivity contribution in [3.8, 4) is 5.82 Å². The zero-order valence-electron chi connectivity index (χ0n) is 19.5. The second-order valence-electron chi connectivity index (χ2n) is 12.4. The van der Waals surface area contributed by atoms with Crippen LogP contribution in [0, 0.1) is 40.4 Å². The van der Waals surface area contributed by atoms with Crippen molar-refractivity contribution in [3.63, 3.8) is 0 Å². The van der Waals surface area contributed by atoms with Crippen LogP contribution in [0.2, 0.25) is 0 Å². The van der Waals surface area contributed by atoms with Crippen LogP contribution in [0.15, 0.2) is 18.5 Å². The molecule has 4 fully saturated rings. The van der Waals surface area contributed by atoms with Gasteiger partial charge in [0.25, 0.3) is 0 Å². The Balaban J connectivity index is 1.21. The van der Waals surface area contributed by atoms with Crippen molar-refractivity contribution in [2.24, 2.45) is 40.4 Å². The Labute approximate surface area is 186 Å². The van der Waals surface area contributed by atoms with Gasteiger partial charge in [-0.2, -0.15) is 4.68 Å². The van der Waals surface area contributed by atoms with E-state index in [1.54, 1.807) is 4.85 Å². The van der Waals surface area contributed by atoms with E-state index in [4.69, 9.17) is 4.84 Å². The van der Waals surface area contributed by atoms with E-state index < -0.39 is 5.60 Å². The molecule has 0 radical (unpaired) electrons. The van der Waals surface area contributed by atoms with Gasteiger partial charge < -0.3 is 15.1 Å². The summed E-state index contributed by atoms with van der Waals surface area (Å²) in [6.07, 6.45) is 13.5. The van der Waals surface area contributed by atoms with Gasteiger partial charge in [0.2, 0.25) is 5.82 Å². The van der Waals surface area contributed by atoms with Gasteiger partial charge in [0, 0.05) is 5.41 Å². The van der Waals surface area contributed by atoms with E-state index in [0.29, 0.717) is 23.0 Å². The van der Waals surface area contributed by atoms with Crippen LogP contribution in [-0.4, -0.2) is 31.4 Å². The summed E-state index contributed by atoms with van der Waals surface area (Å²) in [5.41, 5.74) is -0.623. The molecule has 0 saturated heterocycles. The Kier molecular flexibility index (Phi) is 4.24. The van der Waals surface area contributed by atoms with Crippen molar-refractivity contribution >= 4 is 0 Å². The molecule has 4 aliphatic carbocycles. The number of hydrogen-bond donors (Lipinski definition) is 2. The van der Waals surface area contributed by atoms with Crippen LogP contribution >= 0.6 is 0 Å². The van der Waals surface area contributed by atoms with Crippen molar-refractivity contribution in [3.05, 3.63) is 18.5 Å². The molecule has 0 aromatic heterocycles. The van der Waals surface area contributed by atoms with Gasteiger partial charge in [-0.05, 0) is 106 Å². The standard InChI is InChI=1S/C26H40N2O3/c1-16(29)13-18-7-10-24(3)19(14-18)5-6-20-21(24)8-11-25(4)22(20)9-12-26(25,30)17(2)31-28-23-15-27(23)28/h15-16,18-22,29-30H,2,5-14H2,1,3-4H3. The number of rotatable bonds is 5. The number of aromatic nitrogens is 2. The Morgan fingerprint density at radius 2 is 1.90 bits per heavy atom. The van der Waals surface area contributed by atoms with Gasteiger partial charge in [-0.3, -0.25) is 0 Å². The maximum Gasteiger partial charge on any atom is 0.209 e. The highest BCUT2D eigenvalue weighted by Crippen LogP contribution is 2.69. The van der Waals surface area contributed by atoms with E-state index in [1.165, 1.54) is 38.5 Å². The Morgan fingerprint density at radius 1 is 1.16 bits per heavy atom. The largest absolute Gasteiger partial charge is 0.393 e. The molecule has 2 aliphatic heterocycles. The average Bonchev–Trinajstić information content (AvgIpc) is 3.61. The highest BCUT2D eigenvalue weighted by molar-refractivity contribution is 5.39. The molecule has 6 aliphatic rings. The lowest BCUT2D eigenvalue weighted by Gasteiger charge is -2.61. The minimum atomic E-state index is -0.925. The predicted octanol–water partition coefficient (Wildman–Crippen LogP) is 4.70. The van der Waals surface area contributed by atoms with E-state index in [0.717, 1.165) is 49.3 Å². The molecule has 31 heavy (non-hydrogen) atoms. The molecule has 4 saturated carbocycles. The van der Waals surface area contributed by atoms with Crippen molar-refractivity contribution < 1.29 is 15.1 Å². The first-order chi connectivity index (χ1) is 14.7. The van der Waals surface area contributed by atoms with E-state index in [2.05, 4.69) is 20.4 Å². The quantitative estimate of drug-likeness (QED) is 0.679. The number of fused-ring (bicyclic) bond motifs is 6. The molecule has 5 heteroatoms. The van der Waals surface area contributed by atoms with Gasteiger partial charge in [0.1, 0.15) is 5.60 Å². The number of aliphatic hydroxyl groups is 2. The van der Waals surface area contributed by atoms with Gasteiger partial charge in [-0.25, -0.2) is 0 Å². The summed E-state index contributed by atoms with van der Waals surface area (Å²) < 4.78 is 1.94. The molecule has 5 nitrogen and oxygen atoms in total. The maximum absolute atomic E-state index is 11.9. The second kappa shape index (κ2) is 6.44. The minimum Gasteiger partial charge on any atom is -0.393 e. The Bertz CT molecular complexity index is 886. The Morgan fingerprint density at radius 3 is 2.58 bits per heavy atom. The van der Waals surface area contributed by atoms with Crippen LogP contribution in [0.25, 0.3) is 5.82 Å². The Hall–Kier alpha value is -1.20. The summed E-state index contributed by atoms with van der Waals surface area (Å²) in [5.74, 6) is 5.21. The summed E-state index contributed by atoms with van der Waals surface area (Å²) >= 11 is 0. The molecule has 9 atom stereocenters. The molecule has 172 valence electrons. The van der Waals surface area contributed by atoms with E-state index >= 15 is 0 Å². The summed E-state index contributed by atoms with van der Waals surface area (Å²) in [7, 11) is 0. The fraction of sp³-hybridized carbons (Fsp3) is 0.846. The van der Waals surface area contributed by atoms with Gasteiger partial charge >= 0.3 is 0 Å². The molecule has 2 heterocycles. The van der Waals surface area contributed by atoms with E-state index in [1.807, 2.05) is 17.8 Å². The molecule has 0 amide bonds. The van der Waals surface area contributed by atoms with Gasteiger partial charge in [-0.15, -0.1) is 0 Å². The van der Waals surface area contributed by atoms with Gasteiger partial charge in [0.15, 0.2) is 5.76 Å². The topological polar surface area (TPSA) is 59.5 Å². The number of nitrogens with zero attached hydrogens (tertiary/aromatic N) is 2. The first kappa shape index (κ1) is 20.4. The molecule has 9 unspecified atom stereocenters. The smallest absolute Gasteiger partial charge is 0.209 e. The molecule has 2 N–H and O–H groups in total.